The molecular formula is C14H19BrN2O2. The van der Waals surface area contributed by atoms with Gasteiger partial charge < -0.3 is 15.8 Å². The molecular weight excluding hydrogens is 308 g/mol. The van der Waals surface area contributed by atoms with Crippen LogP contribution in [0.3, 0.4) is 0 Å². The Hall–Kier alpha value is -1.07. The monoisotopic (exact) mass is 326 g/mol. The molecule has 5 heteroatoms. The number of hydrogen-bond acceptors (Lipinski definition) is 3. The third-order valence-corrected chi connectivity index (χ3v) is 3.71. The smallest absolute Gasteiger partial charge is 0.261 e. The van der Waals surface area contributed by atoms with Crippen molar-refractivity contribution in [2.45, 2.75) is 38.3 Å². The lowest BCUT2D eigenvalue weighted by atomic mass is 10.1. The van der Waals surface area contributed by atoms with Crippen LogP contribution >= 0.6 is 15.9 Å². The molecule has 1 heterocycles. The summed E-state index contributed by atoms with van der Waals surface area (Å²) in [7, 11) is 0. The van der Waals surface area contributed by atoms with Gasteiger partial charge in [0.2, 0.25) is 0 Å². The normalized spacial score (nSPS) is 21.4. The molecule has 0 aliphatic carbocycles. The molecule has 2 atom stereocenters. The zero-order chi connectivity index (χ0) is 13.8. The van der Waals surface area contributed by atoms with E-state index >= 15 is 0 Å². The van der Waals surface area contributed by atoms with Crippen LogP contribution in [-0.2, 0) is 4.79 Å². The Bertz CT molecular complexity index is 463. The minimum absolute atomic E-state index is 0.0342. The highest BCUT2D eigenvalue weighted by atomic mass is 79.9. The van der Waals surface area contributed by atoms with Crippen molar-refractivity contribution in [3.63, 3.8) is 0 Å². The molecule has 1 saturated heterocycles. The molecule has 104 valence electrons. The number of hydrogen-bond donors (Lipinski definition) is 2. The number of benzene rings is 1. The van der Waals surface area contributed by atoms with E-state index in [1.54, 1.807) is 0 Å². The van der Waals surface area contributed by atoms with Crippen LogP contribution in [0.4, 0.5) is 0 Å². The number of halogens is 1. The van der Waals surface area contributed by atoms with Gasteiger partial charge in [-0.25, -0.2) is 0 Å². The number of ether oxygens (including phenoxy) is 1. The van der Waals surface area contributed by atoms with Gasteiger partial charge in [-0.3, -0.25) is 4.79 Å². The van der Waals surface area contributed by atoms with Crippen molar-refractivity contribution in [1.29, 1.82) is 0 Å². The number of carbonyl (C=O) groups is 1. The van der Waals surface area contributed by atoms with Crippen LogP contribution in [0, 0.1) is 0 Å². The molecule has 1 amide bonds. The van der Waals surface area contributed by atoms with E-state index in [-0.39, 0.29) is 11.9 Å². The Morgan fingerprint density at radius 2 is 2.26 bits per heavy atom. The summed E-state index contributed by atoms with van der Waals surface area (Å²) in [5.41, 5.74) is 6.86. The highest BCUT2D eigenvalue weighted by Gasteiger charge is 2.23. The molecule has 0 saturated carbocycles. The van der Waals surface area contributed by atoms with Crippen LogP contribution in [0.25, 0.3) is 0 Å². The Labute approximate surface area is 121 Å². The molecule has 0 spiro atoms. The van der Waals surface area contributed by atoms with E-state index in [1.807, 2.05) is 25.1 Å². The molecule has 0 radical (unpaired) electrons. The van der Waals surface area contributed by atoms with Gasteiger partial charge in [0.1, 0.15) is 5.75 Å². The predicted octanol–water partition coefficient (Wildman–Crippen LogP) is 2.52. The summed E-state index contributed by atoms with van der Waals surface area (Å²) in [6.45, 7) is 2.64. The van der Waals surface area contributed by atoms with Gasteiger partial charge in [0, 0.05) is 22.6 Å². The van der Waals surface area contributed by atoms with Crippen molar-refractivity contribution < 1.29 is 9.53 Å². The molecule has 1 aromatic carbocycles. The van der Waals surface area contributed by atoms with E-state index in [2.05, 4.69) is 21.2 Å². The first-order chi connectivity index (χ1) is 9.08. The van der Waals surface area contributed by atoms with Gasteiger partial charge in [-0.15, -0.1) is 0 Å². The van der Waals surface area contributed by atoms with Gasteiger partial charge in [0.05, 0.1) is 0 Å². The van der Waals surface area contributed by atoms with Crippen molar-refractivity contribution in [2.75, 3.05) is 6.54 Å². The topological polar surface area (TPSA) is 64.3 Å². The van der Waals surface area contributed by atoms with E-state index < -0.39 is 6.10 Å². The molecule has 0 aromatic heterocycles. The van der Waals surface area contributed by atoms with E-state index in [1.165, 1.54) is 0 Å². The van der Waals surface area contributed by atoms with Gasteiger partial charge in [0.25, 0.3) is 5.91 Å². The zero-order valence-electron chi connectivity index (χ0n) is 11.0. The highest BCUT2D eigenvalue weighted by molar-refractivity contribution is 9.10. The van der Waals surface area contributed by atoms with Crippen LogP contribution in [0.5, 0.6) is 5.75 Å². The molecule has 2 rings (SSSR count). The summed E-state index contributed by atoms with van der Waals surface area (Å²) in [5, 5.41) is 2.87. The Morgan fingerprint density at radius 3 is 3.00 bits per heavy atom. The largest absolute Gasteiger partial charge is 0.480 e. The number of nitrogens with two attached hydrogens (primary N) is 1. The van der Waals surface area contributed by atoms with Crippen molar-refractivity contribution >= 4 is 21.8 Å². The second-order valence-corrected chi connectivity index (χ2v) is 5.78. The summed E-state index contributed by atoms with van der Waals surface area (Å²) in [6, 6.07) is 5.60. The average molecular weight is 327 g/mol. The SMILES string of the molecule is C[C@@H](N)c1ccc(Br)cc1OC1CCCCNC1=O. The molecule has 1 aliphatic rings. The average Bonchev–Trinajstić information content (AvgIpc) is 2.55. The minimum Gasteiger partial charge on any atom is -0.480 e. The summed E-state index contributed by atoms with van der Waals surface area (Å²) >= 11 is 3.42. The molecule has 1 unspecified atom stereocenters. The first kappa shape index (κ1) is 14.3. The predicted molar refractivity (Wildman–Crippen MR) is 78.0 cm³/mol. The van der Waals surface area contributed by atoms with Crippen molar-refractivity contribution in [3.05, 3.63) is 28.2 Å². The maximum absolute atomic E-state index is 11.9. The summed E-state index contributed by atoms with van der Waals surface area (Å²) in [5.74, 6) is 0.652. The fraction of sp³-hybridized carbons (Fsp3) is 0.500. The Morgan fingerprint density at radius 1 is 1.47 bits per heavy atom. The number of amides is 1. The maximum Gasteiger partial charge on any atom is 0.261 e. The number of carbonyl (C=O) groups excluding carboxylic acids is 1. The fourth-order valence-electron chi connectivity index (χ4n) is 2.16. The lowest BCUT2D eigenvalue weighted by Crippen LogP contribution is -2.36. The molecule has 4 nitrogen and oxygen atoms in total. The van der Waals surface area contributed by atoms with Gasteiger partial charge in [-0.2, -0.15) is 0 Å². The van der Waals surface area contributed by atoms with Crippen molar-refractivity contribution in [2.24, 2.45) is 5.73 Å². The van der Waals surface area contributed by atoms with E-state index in [0.717, 1.165) is 35.8 Å². The van der Waals surface area contributed by atoms with Crippen LogP contribution in [0.1, 0.15) is 37.8 Å². The minimum atomic E-state index is -0.422. The number of nitrogens with one attached hydrogen (secondary N) is 1. The second-order valence-electron chi connectivity index (χ2n) is 4.86. The summed E-state index contributed by atoms with van der Waals surface area (Å²) < 4.78 is 6.82. The van der Waals surface area contributed by atoms with Crippen molar-refractivity contribution in [3.8, 4) is 5.75 Å². The quantitative estimate of drug-likeness (QED) is 0.897. The van der Waals surface area contributed by atoms with Crippen LogP contribution in [0.2, 0.25) is 0 Å². The lowest BCUT2D eigenvalue weighted by molar-refractivity contribution is -0.127. The standard InChI is InChI=1S/C14H19BrN2O2/c1-9(16)11-6-5-10(15)8-13(11)19-12-4-2-3-7-17-14(12)18/h5-6,8-9,12H,2-4,7,16H2,1H3,(H,17,18)/t9-,12?/m1/s1. The van der Waals surface area contributed by atoms with Gasteiger partial charge in [-0.1, -0.05) is 22.0 Å². The fourth-order valence-corrected chi connectivity index (χ4v) is 2.50. The van der Waals surface area contributed by atoms with Crippen LogP contribution in [0.15, 0.2) is 22.7 Å². The van der Waals surface area contributed by atoms with Crippen LogP contribution < -0.4 is 15.8 Å². The molecule has 1 aliphatic heterocycles. The van der Waals surface area contributed by atoms with Crippen LogP contribution in [-0.4, -0.2) is 18.6 Å². The maximum atomic E-state index is 11.9. The first-order valence-electron chi connectivity index (χ1n) is 6.57. The zero-order valence-corrected chi connectivity index (χ0v) is 12.6. The van der Waals surface area contributed by atoms with E-state index in [0.29, 0.717) is 5.75 Å². The van der Waals surface area contributed by atoms with Gasteiger partial charge in [0.15, 0.2) is 6.10 Å². The summed E-state index contributed by atoms with van der Waals surface area (Å²) in [6.07, 6.45) is 2.32. The number of rotatable bonds is 3. The third kappa shape index (κ3) is 3.70. The third-order valence-electron chi connectivity index (χ3n) is 3.22. The van der Waals surface area contributed by atoms with Crippen molar-refractivity contribution in [1.82, 2.24) is 5.32 Å². The Kier molecular flexibility index (Phi) is 4.82. The molecule has 0 bridgehead atoms. The molecule has 1 fully saturated rings. The second kappa shape index (κ2) is 6.39. The first-order valence-corrected chi connectivity index (χ1v) is 7.36. The highest BCUT2D eigenvalue weighted by Crippen LogP contribution is 2.29. The van der Waals surface area contributed by atoms with Gasteiger partial charge >= 0.3 is 0 Å². The van der Waals surface area contributed by atoms with Gasteiger partial charge in [-0.05, 0) is 38.3 Å². The molecule has 3 N–H and O–H groups in total. The van der Waals surface area contributed by atoms with E-state index in [9.17, 15) is 4.79 Å². The molecule has 19 heavy (non-hydrogen) atoms. The molecule has 1 aromatic rings. The summed E-state index contributed by atoms with van der Waals surface area (Å²) in [4.78, 5) is 11.9. The Balaban J connectivity index is 2.21. The van der Waals surface area contributed by atoms with E-state index in [4.69, 9.17) is 10.5 Å². The lowest BCUT2D eigenvalue weighted by Gasteiger charge is -2.20.